The summed E-state index contributed by atoms with van der Waals surface area (Å²) in [4.78, 5) is 51.9. The van der Waals surface area contributed by atoms with Gasteiger partial charge in [-0.1, -0.05) is 18.2 Å². The van der Waals surface area contributed by atoms with Crippen LogP contribution in [0, 0.1) is 0 Å². The van der Waals surface area contributed by atoms with Crippen LogP contribution in [0.1, 0.15) is 48.4 Å². The van der Waals surface area contributed by atoms with Gasteiger partial charge in [0, 0.05) is 36.3 Å². The molecule has 1 atom stereocenters. The maximum atomic E-state index is 12.7. The van der Waals surface area contributed by atoms with Gasteiger partial charge < -0.3 is 16.0 Å². The number of amides is 2. The molecule has 4 heterocycles. The molecular formula is C26H25N7O3. The number of hydrogen-bond donors (Lipinski definition) is 2. The Morgan fingerprint density at radius 1 is 1.08 bits per heavy atom. The molecule has 0 spiro atoms. The molecule has 1 aliphatic rings. The predicted octanol–water partition coefficient (Wildman–Crippen LogP) is 3.27. The van der Waals surface area contributed by atoms with Gasteiger partial charge in [0.05, 0.1) is 12.5 Å². The van der Waals surface area contributed by atoms with Crippen LogP contribution in [0.4, 0.5) is 11.6 Å². The van der Waals surface area contributed by atoms with Crippen molar-refractivity contribution in [1.29, 1.82) is 0 Å². The fraction of sp³-hybridized carbons (Fsp3) is 0.231. The fourth-order valence-electron chi connectivity index (χ4n) is 4.58. The average Bonchev–Trinajstić information content (AvgIpc) is 3.50. The summed E-state index contributed by atoms with van der Waals surface area (Å²) in [5.41, 5.74) is 8.73. The summed E-state index contributed by atoms with van der Waals surface area (Å²) in [7, 11) is 0. The van der Waals surface area contributed by atoms with Gasteiger partial charge in [-0.15, -0.1) is 0 Å². The molecule has 0 radical (unpaired) electrons. The van der Waals surface area contributed by atoms with Crippen LogP contribution in [0.3, 0.4) is 0 Å². The zero-order valence-corrected chi connectivity index (χ0v) is 19.7. The van der Waals surface area contributed by atoms with Gasteiger partial charge in [0.25, 0.3) is 5.91 Å². The average molecular weight is 484 g/mol. The van der Waals surface area contributed by atoms with E-state index in [1.165, 1.54) is 6.92 Å². The Morgan fingerprint density at radius 3 is 2.61 bits per heavy atom. The number of aromatic nitrogens is 4. The summed E-state index contributed by atoms with van der Waals surface area (Å²) in [5.74, 6) is 0.801. The van der Waals surface area contributed by atoms with E-state index in [9.17, 15) is 14.4 Å². The van der Waals surface area contributed by atoms with Gasteiger partial charge >= 0.3 is 0 Å². The summed E-state index contributed by atoms with van der Waals surface area (Å²) in [6, 6.07) is 12.0. The number of pyridine rings is 1. The molecule has 10 nitrogen and oxygen atoms in total. The molecular weight excluding hydrogens is 458 g/mol. The topological polar surface area (TPSA) is 136 Å². The van der Waals surface area contributed by atoms with E-state index in [4.69, 9.17) is 10.7 Å². The smallest absolute Gasteiger partial charge is 0.256 e. The Kier molecular flexibility index (Phi) is 6.16. The number of nitrogens with two attached hydrogens (primary N) is 1. The molecule has 4 aromatic rings. The second kappa shape index (κ2) is 9.57. The molecule has 182 valence electrons. The van der Waals surface area contributed by atoms with Crippen LogP contribution in [0.25, 0.3) is 16.8 Å². The van der Waals surface area contributed by atoms with Crippen molar-refractivity contribution < 1.29 is 14.4 Å². The molecule has 0 bridgehead atoms. The quantitative estimate of drug-likeness (QED) is 0.402. The minimum Gasteiger partial charge on any atom is -0.382 e. The summed E-state index contributed by atoms with van der Waals surface area (Å²) in [6.07, 6.45) is 6.41. The number of nitrogens with one attached hydrogen (secondary N) is 1. The van der Waals surface area contributed by atoms with Gasteiger partial charge in [0.1, 0.15) is 34.5 Å². The first-order valence-electron chi connectivity index (χ1n) is 11.7. The molecule has 10 heteroatoms. The van der Waals surface area contributed by atoms with Crippen molar-refractivity contribution in [1.82, 2.24) is 24.3 Å². The number of ketones is 1. The first kappa shape index (κ1) is 23.2. The fourth-order valence-corrected chi connectivity index (χ4v) is 4.58. The second-order valence-electron chi connectivity index (χ2n) is 8.72. The predicted molar refractivity (Wildman–Crippen MR) is 134 cm³/mol. The standard InChI is InChI=1S/C26H25N7O3/c1-16(34)15-21(35)32-13-4-5-19(32)25-31-22(23-24(27)29-12-14-33(23)25)17-7-9-18(10-8-17)26(36)30-20-6-2-3-11-28-20/h2-3,6-12,14,19H,4-5,13,15H2,1H3,(H2,27,29)(H,28,30,36)/t19-/m0/s1. The summed E-state index contributed by atoms with van der Waals surface area (Å²) < 4.78 is 1.86. The zero-order chi connectivity index (χ0) is 25.2. The molecule has 2 amide bonds. The highest BCUT2D eigenvalue weighted by Crippen LogP contribution is 2.36. The first-order valence-corrected chi connectivity index (χ1v) is 11.7. The molecule has 36 heavy (non-hydrogen) atoms. The van der Waals surface area contributed by atoms with Crippen molar-refractivity contribution in [2.24, 2.45) is 0 Å². The lowest BCUT2D eigenvalue weighted by Gasteiger charge is -2.23. The van der Waals surface area contributed by atoms with Crippen LogP contribution < -0.4 is 11.1 Å². The van der Waals surface area contributed by atoms with Crippen LogP contribution >= 0.6 is 0 Å². The molecule has 1 aliphatic heterocycles. The van der Waals surface area contributed by atoms with E-state index in [0.717, 1.165) is 18.4 Å². The van der Waals surface area contributed by atoms with Gasteiger partial charge in [-0.2, -0.15) is 0 Å². The van der Waals surface area contributed by atoms with Crippen LogP contribution in [0.15, 0.2) is 61.1 Å². The first-order chi connectivity index (χ1) is 17.4. The molecule has 1 fully saturated rings. The van der Waals surface area contributed by atoms with E-state index >= 15 is 0 Å². The number of likely N-dealkylation sites (tertiary alicyclic amines) is 1. The van der Waals surface area contributed by atoms with E-state index in [0.29, 0.717) is 40.8 Å². The van der Waals surface area contributed by atoms with Crippen molar-refractivity contribution in [3.63, 3.8) is 0 Å². The summed E-state index contributed by atoms with van der Waals surface area (Å²) in [5, 5.41) is 2.77. The maximum absolute atomic E-state index is 12.7. The van der Waals surface area contributed by atoms with Crippen LogP contribution in [-0.4, -0.2) is 48.4 Å². The monoisotopic (exact) mass is 483 g/mol. The van der Waals surface area contributed by atoms with E-state index in [1.54, 1.807) is 66.0 Å². The SMILES string of the molecule is CC(=O)CC(=O)N1CCC[C@H]1c1nc(-c2ccc(C(=O)Nc3ccccn3)cc2)c2c(N)nccn12. The molecule has 3 N–H and O–H groups in total. The number of fused-ring (bicyclic) bond motifs is 1. The minimum absolute atomic E-state index is 0.127. The molecule has 0 saturated carbocycles. The highest BCUT2D eigenvalue weighted by molar-refractivity contribution is 6.04. The van der Waals surface area contributed by atoms with Crippen LogP contribution in [-0.2, 0) is 9.59 Å². The molecule has 5 rings (SSSR count). The lowest BCUT2D eigenvalue weighted by molar-refractivity contribution is -0.135. The number of carbonyl (C=O) groups excluding carboxylic acids is 3. The largest absolute Gasteiger partial charge is 0.382 e. The summed E-state index contributed by atoms with van der Waals surface area (Å²) in [6.45, 7) is 1.99. The number of benzene rings is 1. The number of nitrogen functional groups attached to an aromatic ring is 1. The van der Waals surface area contributed by atoms with Crippen LogP contribution in [0.5, 0.6) is 0 Å². The Balaban J connectivity index is 1.49. The van der Waals surface area contributed by atoms with Crippen molar-refractivity contribution in [2.75, 3.05) is 17.6 Å². The van der Waals surface area contributed by atoms with Crippen molar-refractivity contribution in [3.8, 4) is 11.3 Å². The number of anilines is 2. The third-order valence-electron chi connectivity index (χ3n) is 6.21. The lowest BCUT2D eigenvalue weighted by atomic mass is 10.1. The normalized spacial score (nSPS) is 15.2. The van der Waals surface area contributed by atoms with Crippen molar-refractivity contribution in [2.45, 2.75) is 32.2 Å². The molecule has 0 unspecified atom stereocenters. The lowest BCUT2D eigenvalue weighted by Crippen LogP contribution is -2.32. The van der Waals surface area contributed by atoms with E-state index in [1.807, 2.05) is 4.40 Å². The number of rotatable bonds is 6. The Morgan fingerprint density at radius 2 is 1.89 bits per heavy atom. The Hall–Kier alpha value is -4.60. The number of carbonyl (C=O) groups is 3. The van der Waals surface area contributed by atoms with Crippen molar-refractivity contribution in [3.05, 3.63) is 72.4 Å². The minimum atomic E-state index is -0.276. The number of Topliss-reactive ketones (excluding diaryl/α,β-unsaturated/α-hetero) is 1. The zero-order valence-electron chi connectivity index (χ0n) is 19.7. The van der Waals surface area contributed by atoms with Crippen molar-refractivity contribution >= 4 is 34.8 Å². The molecule has 1 saturated heterocycles. The van der Waals surface area contributed by atoms with Gasteiger partial charge in [-0.05, 0) is 44.0 Å². The maximum Gasteiger partial charge on any atom is 0.256 e. The van der Waals surface area contributed by atoms with Crippen LogP contribution in [0.2, 0.25) is 0 Å². The van der Waals surface area contributed by atoms with Gasteiger partial charge in [-0.3, -0.25) is 18.8 Å². The number of hydrogen-bond acceptors (Lipinski definition) is 7. The Bertz CT molecular complexity index is 1450. The second-order valence-corrected chi connectivity index (χ2v) is 8.72. The highest BCUT2D eigenvalue weighted by atomic mass is 16.2. The van der Waals surface area contributed by atoms with Gasteiger partial charge in [0.15, 0.2) is 0 Å². The van der Waals surface area contributed by atoms with Gasteiger partial charge in [0.2, 0.25) is 5.91 Å². The van der Waals surface area contributed by atoms with E-state index < -0.39 is 0 Å². The van der Waals surface area contributed by atoms with Gasteiger partial charge in [-0.25, -0.2) is 15.0 Å². The molecule has 1 aromatic carbocycles. The van der Waals surface area contributed by atoms with E-state index in [-0.39, 0.29) is 30.1 Å². The third kappa shape index (κ3) is 4.40. The Labute approximate surface area is 207 Å². The molecule has 0 aliphatic carbocycles. The van der Waals surface area contributed by atoms with E-state index in [2.05, 4.69) is 15.3 Å². The third-order valence-corrected chi connectivity index (χ3v) is 6.21. The summed E-state index contributed by atoms with van der Waals surface area (Å²) >= 11 is 0. The highest BCUT2D eigenvalue weighted by Gasteiger charge is 2.34. The number of imidazole rings is 1. The number of nitrogens with zero attached hydrogens (tertiary/aromatic N) is 5. The molecule has 3 aromatic heterocycles.